The van der Waals surface area contributed by atoms with Gasteiger partial charge in [-0.15, -0.1) is 0 Å². The van der Waals surface area contributed by atoms with Crippen molar-refractivity contribution in [1.29, 1.82) is 0 Å². The Morgan fingerprint density at radius 2 is 2.00 bits per heavy atom. The fourth-order valence-corrected chi connectivity index (χ4v) is 2.96. The first kappa shape index (κ1) is 11.4. The van der Waals surface area contributed by atoms with Gasteiger partial charge in [-0.2, -0.15) is 0 Å². The monoisotopic (exact) mass is 211 g/mol. The summed E-state index contributed by atoms with van der Waals surface area (Å²) in [5.41, 5.74) is 0.310. The molecule has 1 saturated heterocycles. The third-order valence-corrected chi connectivity index (χ3v) is 3.78. The number of hydrogen-bond donors (Lipinski definition) is 1. The molecule has 0 aromatic rings. The largest absolute Gasteiger partial charge is 0.370 e. The molecule has 2 fully saturated rings. The zero-order valence-corrected chi connectivity index (χ0v) is 10.2. The molecule has 1 aliphatic carbocycles. The lowest BCUT2D eigenvalue weighted by molar-refractivity contribution is -0.0351. The van der Waals surface area contributed by atoms with Gasteiger partial charge in [0, 0.05) is 6.54 Å². The van der Waals surface area contributed by atoms with Crippen molar-refractivity contribution in [3.8, 4) is 0 Å². The van der Waals surface area contributed by atoms with Gasteiger partial charge in [0.1, 0.15) is 0 Å². The standard InChI is InChI=1S/C13H25NO/c1-11(2)9-14-10-12-5-8-13(15-12)6-3-4-7-13/h11-12,14H,3-10H2,1-2H3. The van der Waals surface area contributed by atoms with E-state index in [1.165, 1.54) is 38.5 Å². The third kappa shape index (κ3) is 2.94. The molecule has 0 aromatic heterocycles. The van der Waals surface area contributed by atoms with Crippen molar-refractivity contribution >= 4 is 0 Å². The highest BCUT2D eigenvalue weighted by atomic mass is 16.5. The van der Waals surface area contributed by atoms with Crippen molar-refractivity contribution in [1.82, 2.24) is 5.32 Å². The van der Waals surface area contributed by atoms with Crippen LogP contribution in [0, 0.1) is 5.92 Å². The van der Waals surface area contributed by atoms with Gasteiger partial charge in [0.25, 0.3) is 0 Å². The Morgan fingerprint density at radius 1 is 1.27 bits per heavy atom. The molecular formula is C13H25NO. The van der Waals surface area contributed by atoms with E-state index in [9.17, 15) is 0 Å². The first-order valence-corrected chi connectivity index (χ1v) is 6.59. The van der Waals surface area contributed by atoms with Crippen LogP contribution in [-0.4, -0.2) is 24.8 Å². The maximum Gasteiger partial charge on any atom is 0.0708 e. The van der Waals surface area contributed by atoms with Crippen molar-refractivity contribution in [3.63, 3.8) is 0 Å². The summed E-state index contributed by atoms with van der Waals surface area (Å²) in [6, 6.07) is 0. The maximum absolute atomic E-state index is 6.23. The van der Waals surface area contributed by atoms with Gasteiger partial charge >= 0.3 is 0 Å². The van der Waals surface area contributed by atoms with Gasteiger partial charge in [-0.3, -0.25) is 0 Å². The van der Waals surface area contributed by atoms with Crippen molar-refractivity contribution < 1.29 is 4.74 Å². The second-order valence-corrected chi connectivity index (χ2v) is 5.72. The Bertz CT molecular complexity index is 197. The lowest BCUT2D eigenvalue weighted by atomic mass is 9.98. The summed E-state index contributed by atoms with van der Waals surface area (Å²) in [4.78, 5) is 0. The number of rotatable bonds is 4. The van der Waals surface area contributed by atoms with E-state index in [2.05, 4.69) is 19.2 Å². The average Bonchev–Trinajstić information content (AvgIpc) is 2.78. The number of ether oxygens (including phenoxy) is 1. The van der Waals surface area contributed by atoms with E-state index in [1.54, 1.807) is 0 Å². The number of nitrogens with one attached hydrogen (secondary N) is 1. The maximum atomic E-state index is 6.23. The Labute approximate surface area is 93.8 Å². The molecular weight excluding hydrogens is 186 g/mol. The van der Waals surface area contributed by atoms with Crippen LogP contribution in [0.3, 0.4) is 0 Å². The minimum Gasteiger partial charge on any atom is -0.370 e. The summed E-state index contributed by atoms with van der Waals surface area (Å²) in [6.45, 7) is 6.68. The van der Waals surface area contributed by atoms with E-state index >= 15 is 0 Å². The molecule has 15 heavy (non-hydrogen) atoms. The summed E-state index contributed by atoms with van der Waals surface area (Å²) in [5, 5.41) is 3.51. The topological polar surface area (TPSA) is 21.3 Å². The molecule has 1 heterocycles. The van der Waals surface area contributed by atoms with E-state index < -0.39 is 0 Å². The molecule has 1 saturated carbocycles. The van der Waals surface area contributed by atoms with Gasteiger partial charge in [-0.05, 0) is 38.1 Å². The molecule has 2 nitrogen and oxygen atoms in total. The Balaban J connectivity index is 1.68. The Kier molecular flexibility index (Phi) is 3.68. The summed E-state index contributed by atoms with van der Waals surface area (Å²) in [7, 11) is 0. The molecule has 0 amide bonds. The van der Waals surface area contributed by atoms with E-state index in [4.69, 9.17) is 4.74 Å². The fraction of sp³-hybridized carbons (Fsp3) is 1.00. The van der Waals surface area contributed by atoms with Crippen LogP contribution in [0.15, 0.2) is 0 Å². The summed E-state index contributed by atoms with van der Waals surface area (Å²) < 4.78 is 6.23. The normalized spacial score (nSPS) is 29.4. The predicted octanol–water partition coefficient (Wildman–Crippen LogP) is 2.72. The minimum atomic E-state index is 0.310. The van der Waals surface area contributed by atoms with Gasteiger partial charge in [0.15, 0.2) is 0 Å². The molecule has 88 valence electrons. The van der Waals surface area contributed by atoms with Crippen LogP contribution in [0.4, 0.5) is 0 Å². The Morgan fingerprint density at radius 3 is 2.67 bits per heavy atom. The first-order valence-electron chi connectivity index (χ1n) is 6.59. The van der Waals surface area contributed by atoms with Crippen LogP contribution in [-0.2, 0) is 4.74 Å². The smallest absolute Gasteiger partial charge is 0.0708 e. The second kappa shape index (κ2) is 4.84. The van der Waals surface area contributed by atoms with Crippen LogP contribution >= 0.6 is 0 Å². The van der Waals surface area contributed by atoms with Gasteiger partial charge in [-0.25, -0.2) is 0 Å². The average molecular weight is 211 g/mol. The van der Waals surface area contributed by atoms with Crippen molar-refractivity contribution in [3.05, 3.63) is 0 Å². The summed E-state index contributed by atoms with van der Waals surface area (Å²) in [5.74, 6) is 0.742. The quantitative estimate of drug-likeness (QED) is 0.772. The van der Waals surface area contributed by atoms with Crippen LogP contribution in [0.1, 0.15) is 52.4 Å². The van der Waals surface area contributed by atoms with E-state index in [1.807, 2.05) is 0 Å². The zero-order valence-electron chi connectivity index (χ0n) is 10.2. The van der Waals surface area contributed by atoms with Gasteiger partial charge in [-0.1, -0.05) is 26.7 Å². The predicted molar refractivity (Wildman–Crippen MR) is 63.0 cm³/mol. The fourth-order valence-electron chi connectivity index (χ4n) is 2.96. The molecule has 0 aromatic carbocycles. The molecule has 2 rings (SSSR count). The molecule has 1 spiro atoms. The van der Waals surface area contributed by atoms with Gasteiger partial charge < -0.3 is 10.1 Å². The molecule has 1 aliphatic heterocycles. The molecule has 1 N–H and O–H groups in total. The number of hydrogen-bond acceptors (Lipinski definition) is 2. The molecule has 2 aliphatic rings. The third-order valence-electron chi connectivity index (χ3n) is 3.78. The van der Waals surface area contributed by atoms with Crippen molar-refractivity contribution in [2.24, 2.45) is 5.92 Å². The van der Waals surface area contributed by atoms with Gasteiger partial charge in [0.2, 0.25) is 0 Å². The first-order chi connectivity index (χ1) is 7.20. The molecule has 2 heteroatoms. The molecule has 0 bridgehead atoms. The second-order valence-electron chi connectivity index (χ2n) is 5.72. The van der Waals surface area contributed by atoms with Crippen LogP contribution in [0.5, 0.6) is 0 Å². The summed E-state index contributed by atoms with van der Waals surface area (Å²) in [6.07, 6.45) is 8.45. The molecule has 1 atom stereocenters. The zero-order chi connectivity index (χ0) is 10.7. The van der Waals surface area contributed by atoms with E-state index in [-0.39, 0.29) is 0 Å². The van der Waals surface area contributed by atoms with Crippen LogP contribution < -0.4 is 5.32 Å². The minimum absolute atomic E-state index is 0.310. The lowest BCUT2D eigenvalue weighted by Gasteiger charge is -2.24. The van der Waals surface area contributed by atoms with Crippen LogP contribution in [0.2, 0.25) is 0 Å². The SMILES string of the molecule is CC(C)CNCC1CCC2(CCCC2)O1. The summed E-state index contributed by atoms with van der Waals surface area (Å²) >= 11 is 0. The highest BCUT2D eigenvalue weighted by Gasteiger charge is 2.41. The highest BCUT2D eigenvalue weighted by molar-refractivity contribution is 4.93. The van der Waals surface area contributed by atoms with Gasteiger partial charge in [0.05, 0.1) is 11.7 Å². The Hall–Kier alpha value is -0.0800. The van der Waals surface area contributed by atoms with Crippen LogP contribution in [0.25, 0.3) is 0 Å². The molecule has 0 radical (unpaired) electrons. The van der Waals surface area contributed by atoms with E-state index in [0.717, 1.165) is 19.0 Å². The lowest BCUT2D eigenvalue weighted by Crippen LogP contribution is -2.32. The van der Waals surface area contributed by atoms with E-state index in [0.29, 0.717) is 11.7 Å². The molecule has 1 unspecified atom stereocenters. The van der Waals surface area contributed by atoms with Crippen molar-refractivity contribution in [2.45, 2.75) is 64.1 Å². The highest BCUT2D eigenvalue weighted by Crippen LogP contribution is 2.43. The van der Waals surface area contributed by atoms with Crippen molar-refractivity contribution in [2.75, 3.05) is 13.1 Å².